The maximum atomic E-state index is 10.9. The molecule has 0 aromatic rings. The van der Waals surface area contributed by atoms with Gasteiger partial charge in [0.2, 0.25) is 0 Å². The molecule has 0 radical (unpaired) electrons. The first-order valence-electron chi connectivity index (χ1n) is 4.87. The standard InChI is InChI=1S/C9H16O2S/c10-12(11)9-4-2-1-3-8(9)7-5-6-7/h7-9H,1-6H2,(H,10,11)/p-1. The second-order valence-corrected chi connectivity index (χ2v) is 5.21. The molecular formula is C9H15O2S-. The fourth-order valence-corrected chi connectivity index (χ4v) is 3.43. The zero-order valence-electron chi connectivity index (χ0n) is 7.20. The first-order valence-corrected chi connectivity index (χ1v) is 6.01. The fourth-order valence-electron chi connectivity index (χ4n) is 2.43. The highest BCUT2D eigenvalue weighted by Gasteiger charge is 2.38. The van der Waals surface area contributed by atoms with Crippen LogP contribution in [0.1, 0.15) is 38.5 Å². The van der Waals surface area contributed by atoms with Crippen LogP contribution in [0.15, 0.2) is 0 Å². The molecule has 3 unspecified atom stereocenters. The number of rotatable bonds is 2. The highest BCUT2D eigenvalue weighted by atomic mass is 32.2. The van der Waals surface area contributed by atoms with Gasteiger partial charge in [0.1, 0.15) is 0 Å². The van der Waals surface area contributed by atoms with E-state index in [1.54, 1.807) is 0 Å². The van der Waals surface area contributed by atoms with Gasteiger partial charge in [-0.1, -0.05) is 23.9 Å². The van der Waals surface area contributed by atoms with Crippen molar-refractivity contribution in [3.8, 4) is 0 Å². The van der Waals surface area contributed by atoms with Gasteiger partial charge in [0.15, 0.2) is 0 Å². The zero-order chi connectivity index (χ0) is 8.55. The van der Waals surface area contributed by atoms with Gasteiger partial charge < -0.3 is 4.55 Å². The Bertz CT molecular complexity index is 189. The molecule has 70 valence electrons. The van der Waals surface area contributed by atoms with Crippen LogP contribution < -0.4 is 0 Å². The minimum atomic E-state index is -1.81. The first kappa shape index (κ1) is 8.70. The lowest BCUT2D eigenvalue weighted by Gasteiger charge is -2.33. The molecule has 0 aromatic heterocycles. The van der Waals surface area contributed by atoms with Crippen LogP contribution in [0, 0.1) is 11.8 Å². The van der Waals surface area contributed by atoms with Crippen molar-refractivity contribution in [3.63, 3.8) is 0 Å². The molecule has 3 atom stereocenters. The monoisotopic (exact) mass is 187 g/mol. The molecule has 3 heteroatoms. The molecule has 0 amide bonds. The van der Waals surface area contributed by atoms with Crippen molar-refractivity contribution in [3.05, 3.63) is 0 Å². The maximum absolute atomic E-state index is 10.9. The summed E-state index contributed by atoms with van der Waals surface area (Å²) in [6.07, 6.45) is 6.98. The van der Waals surface area contributed by atoms with Crippen molar-refractivity contribution >= 4 is 11.1 Å². The van der Waals surface area contributed by atoms with Crippen LogP contribution in [0.4, 0.5) is 0 Å². The van der Waals surface area contributed by atoms with E-state index in [9.17, 15) is 8.76 Å². The average Bonchev–Trinajstić information content (AvgIpc) is 2.87. The lowest BCUT2D eigenvalue weighted by molar-refractivity contribution is 0.317. The van der Waals surface area contributed by atoms with E-state index in [1.807, 2.05) is 0 Å². The largest absolute Gasteiger partial charge is 0.772 e. The Hall–Kier alpha value is 0.110. The van der Waals surface area contributed by atoms with Gasteiger partial charge >= 0.3 is 0 Å². The Morgan fingerprint density at radius 1 is 1.08 bits per heavy atom. The summed E-state index contributed by atoms with van der Waals surface area (Å²) in [5, 5.41) is -0.00810. The zero-order valence-corrected chi connectivity index (χ0v) is 8.02. The summed E-state index contributed by atoms with van der Waals surface area (Å²) in [6.45, 7) is 0. The fraction of sp³-hybridized carbons (Fsp3) is 1.00. The van der Waals surface area contributed by atoms with E-state index in [0.717, 1.165) is 25.2 Å². The lowest BCUT2D eigenvalue weighted by Crippen LogP contribution is -2.30. The van der Waals surface area contributed by atoms with E-state index in [2.05, 4.69) is 0 Å². The molecule has 2 aliphatic carbocycles. The highest BCUT2D eigenvalue weighted by molar-refractivity contribution is 7.79. The van der Waals surface area contributed by atoms with E-state index in [-0.39, 0.29) is 5.25 Å². The Morgan fingerprint density at radius 2 is 1.75 bits per heavy atom. The average molecular weight is 187 g/mol. The SMILES string of the molecule is O=S([O-])C1CCCCC1C1CC1. The van der Waals surface area contributed by atoms with E-state index in [4.69, 9.17) is 0 Å². The normalized spacial score (nSPS) is 39.4. The molecule has 0 N–H and O–H groups in total. The van der Waals surface area contributed by atoms with Crippen molar-refractivity contribution < 1.29 is 8.76 Å². The van der Waals surface area contributed by atoms with Crippen LogP contribution in [0.2, 0.25) is 0 Å². The van der Waals surface area contributed by atoms with Gasteiger partial charge in [0.05, 0.1) is 0 Å². The first-order chi connectivity index (χ1) is 5.79. The minimum absolute atomic E-state index is 0.00810. The van der Waals surface area contributed by atoms with Gasteiger partial charge in [-0.25, -0.2) is 0 Å². The van der Waals surface area contributed by atoms with E-state index >= 15 is 0 Å². The molecule has 0 spiro atoms. The molecule has 12 heavy (non-hydrogen) atoms. The third kappa shape index (κ3) is 1.72. The van der Waals surface area contributed by atoms with Gasteiger partial charge in [0.25, 0.3) is 0 Å². The molecule has 2 rings (SSSR count). The van der Waals surface area contributed by atoms with Crippen LogP contribution in [-0.4, -0.2) is 14.0 Å². The van der Waals surface area contributed by atoms with Crippen LogP contribution in [0.5, 0.6) is 0 Å². The van der Waals surface area contributed by atoms with Crippen LogP contribution in [0.25, 0.3) is 0 Å². The van der Waals surface area contributed by atoms with E-state index < -0.39 is 11.1 Å². The summed E-state index contributed by atoms with van der Waals surface area (Å²) in [6, 6.07) is 0. The van der Waals surface area contributed by atoms with Gasteiger partial charge in [0, 0.05) is 5.25 Å². The predicted octanol–water partition coefficient (Wildman–Crippen LogP) is 1.83. The van der Waals surface area contributed by atoms with Gasteiger partial charge in [-0.05, 0) is 37.5 Å². The Morgan fingerprint density at radius 3 is 2.33 bits per heavy atom. The molecule has 2 saturated carbocycles. The van der Waals surface area contributed by atoms with Gasteiger partial charge in [-0.2, -0.15) is 0 Å². The maximum Gasteiger partial charge on any atom is 0.0246 e. The summed E-state index contributed by atoms with van der Waals surface area (Å²) in [7, 11) is 0. The van der Waals surface area contributed by atoms with Crippen molar-refractivity contribution in [2.24, 2.45) is 11.8 Å². The lowest BCUT2D eigenvalue weighted by atomic mass is 9.85. The molecule has 2 nitrogen and oxygen atoms in total. The Kier molecular flexibility index (Phi) is 2.51. The second kappa shape index (κ2) is 3.46. The molecule has 0 heterocycles. The van der Waals surface area contributed by atoms with Crippen LogP contribution >= 0.6 is 0 Å². The van der Waals surface area contributed by atoms with Crippen LogP contribution in [0.3, 0.4) is 0 Å². The predicted molar refractivity (Wildman–Crippen MR) is 47.4 cm³/mol. The summed E-state index contributed by atoms with van der Waals surface area (Å²) in [5.74, 6) is 1.27. The van der Waals surface area contributed by atoms with Crippen molar-refractivity contribution in [1.82, 2.24) is 0 Å². The molecule has 2 aliphatic rings. The van der Waals surface area contributed by atoms with Crippen molar-refractivity contribution in [2.45, 2.75) is 43.8 Å². The van der Waals surface area contributed by atoms with Gasteiger partial charge in [-0.3, -0.25) is 4.21 Å². The number of hydrogen-bond donors (Lipinski definition) is 0. The van der Waals surface area contributed by atoms with Crippen molar-refractivity contribution in [2.75, 3.05) is 0 Å². The molecular weight excluding hydrogens is 172 g/mol. The van der Waals surface area contributed by atoms with Crippen molar-refractivity contribution in [1.29, 1.82) is 0 Å². The summed E-state index contributed by atoms with van der Waals surface area (Å²) in [5.41, 5.74) is 0. The van der Waals surface area contributed by atoms with Gasteiger partial charge in [-0.15, -0.1) is 0 Å². The Balaban J connectivity index is 2.00. The quantitative estimate of drug-likeness (QED) is 0.619. The third-order valence-corrected chi connectivity index (χ3v) is 4.31. The molecule has 0 aromatic carbocycles. The number of hydrogen-bond acceptors (Lipinski definition) is 2. The van der Waals surface area contributed by atoms with Crippen LogP contribution in [-0.2, 0) is 11.1 Å². The summed E-state index contributed by atoms with van der Waals surface area (Å²) >= 11 is -1.81. The summed E-state index contributed by atoms with van der Waals surface area (Å²) in [4.78, 5) is 0. The minimum Gasteiger partial charge on any atom is -0.772 e. The highest BCUT2D eigenvalue weighted by Crippen LogP contribution is 2.45. The molecule has 2 fully saturated rings. The second-order valence-electron chi connectivity index (χ2n) is 4.08. The smallest absolute Gasteiger partial charge is 0.0246 e. The molecule has 0 bridgehead atoms. The third-order valence-electron chi connectivity index (χ3n) is 3.23. The van der Waals surface area contributed by atoms with E-state index in [1.165, 1.54) is 19.3 Å². The molecule has 0 saturated heterocycles. The Labute approximate surface area is 76.0 Å². The summed E-state index contributed by atoms with van der Waals surface area (Å²) < 4.78 is 21.8. The molecule has 0 aliphatic heterocycles. The topological polar surface area (TPSA) is 40.1 Å². The van der Waals surface area contributed by atoms with E-state index in [0.29, 0.717) is 5.92 Å².